The molecule has 0 heterocycles. The van der Waals surface area contributed by atoms with Gasteiger partial charge in [0.05, 0.1) is 11.5 Å². The number of hydrogen-bond acceptors (Lipinski definition) is 3. The molecule has 1 aromatic carbocycles. The lowest BCUT2D eigenvalue weighted by molar-refractivity contribution is 0.275. The Balaban J connectivity index is 2.95. The van der Waals surface area contributed by atoms with E-state index < -0.39 is 22.4 Å². The van der Waals surface area contributed by atoms with Crippen molar-refractivity contribution in [1.82, 2.24) is 4.72 Å². The Morgan fingerprint density at radius 1 is 1.24 bits per heavy atom. The Kier molecular flexibility index (Phi) is 6.31. The van der Waals surface area contributed by atoms with E-state index >= 15 is 0 Å². The van der Waals surface area contributed by atoms with Crippen molar-refractivity contribution < 1.29 is 17.9 Å². The summed E-state index contributed by atoms with van der Waals surface area (Å²) in [6.45, 7) is 6.92. The average molecular weight is 317 g/mol. The molecule has 0 saturated heterocycles. The normalized spacial score (nSPS) is 13.7. The highest BCUT2D eigenvalue weighted by Crippen LogP contribution is 2.20. The predicted octanol–water partition coefficient (Wildman–Crippen LogP) is 2.73. The number of hydrogen-bond donors (Lipinski definition) is 2. The van der Waals surface area contributed by atoms with E-state index in [0.717, 1.165) is 12.8 Å². The van der Waals surface area contributed by atoms with Crippen molar-refractivity contribution in [2.24, 2.45) is 5.92 Å². The third-order valence-corrected chi connectivity index (χ3v) is 4.89. The fraction of sp³-hybridized carbons (Fsp3) is 0.600. The molecule has 0 radical (unpaired) electrons. The van der Waals surface area contributed by atoms with Crippen molar-refractivity contribution in [3.8, 4) is 0 Å². The van der Waals surface area contributed by atoms with Gasteiger partial charge in [-0.1, -0.05) is 13.8 Å². The number of nitrogens with one attached hydrogen (secondary N) is 1. The monoisotopic (exact) mass is 317 g/mol. The van der Waals surface area contributed by atoms with Crippen molar-refractivity contribution in [2.75, 3.05) is 0 Å². The van der Waals surface area contributed by atoms with Crippen LogP contribution in [0.2, 0.25) is 0 Å². The quantitative estimate of drug-likeness (QED) is 0.812. The zero-order valence-corrected chi connectivity index (χ0v) is 13.8. The standard InChI is InChI=1S/C15H24FNO3S/c1-10(2)5-6-12(4)17-21(19,20)14-7-11(3)15(16)13(8-14)9-18/h7-8,10,12,17-18H,5-6,9H2,1-4H3. The molecule has 0 bridgehead atoms. The summed E-state index contributed by atoms with van der Waals surface area (Å²) in [6.07, 6.45) is 1.66. The van der Waals surface area contributed by atoms with Crippen LogP contribution in [0.3, 0.4) is 0 Å². The topological polar surface area (TPSA) is 66.4 Å². The van der Waals surface area contributed by atoms with Crippen LogP contribution in [0.1, 0.15) is 44.7 Å². The van der Waals surface area contributed by atoms with E-state index in [2.05, 4.69) is 18.6 Å². The molecule has 2 N–H and O–H groups in total. The minimum absolute atomic E-state index is 0.00907. The largest absolute Gasteiger partial charge is 0.392 e. The molecule has 0 amide bonds. The van der Waals surface area contributed by atoms with Crippen LogP contribution < -0.4 is 4.72 Å². The highest BCUT2D eigenvalue weighted by molar-refractivity contribution is 7.89. The van der Waals surface area contributed by atoms with Crippen LogP contribution in [-0.4, -0.2) is 19.6 Å². The lowest BCUT2D eigenvalue weighted by Crippen LogP contribution is -2.33. The van der Waals surface area contributed by atoms with E-state index in [-0.39, 0.29) is 22.1 Å². The van der Waals surface area contributed by atoms with E-state index in [9.17, 15) is 12.8 Å². The zero-order chi connectivity index (χ0) is 16.2. The lowest BCUT2D eigenvalue weighted by atomic mass is 10.1. The van der Waals surface area contributed by atoms with Gasteiger partial charge in [0.2, 0.25) is 10.0 Å². The Morgan fingerprint density at radius 3 is 2.38 bits per heavy atom. The number of rotatable bonds is 7. The van der Waals surface area contributed by atoms with Crippen LogP contribution in [0.25, 0.3) is 0 Å². The predicted molar refractivity (Wildman–Crippen MR) is 80.9 cm³/mol. The minimum Gasteiger partial charge on any atom is -0.392 e. The van der Waals surface area contributed by atoms with Gasteiger partial charge in [0.25, 0.3) is 0 Å². The fourth-order valence-corrected chi connectivity index (χ4v) is 3.47. The first-order valence-electron chi connectivity index (χ1n) is 7.09. The maximum atomic E-state index is 13.7. The molecule has 0 aliphatic rings. The second kappa shape index (κ2) is 7.33. The molecule has 21 heavy (non-hydrogen) atoms. The molecule has 120 valence electrons. The Bertz CT molecular complexity index is 585. The zero-order valence-electron chi connectivity index (χ0n) is 13.0. The van der Waals surface area contributed by atoms with Crippen LogP contribution in [0.5, 0.6) is 0 Å². The van der Waals surface area contributed by atoms with Crippen LogP contribution >= 0.6 is 0 Å². The van der Waals surface area contributed by atoms with E-state index in [4.69, 9.17) is 5.11 Å². The summed E-state index contributed by atoms with van der Waals surface area (Å²) in [6, 6.07) is 2.27. The van der Waals surface area contributed by atoms with Crippen LogP contribution in [-0.2, 0) is 16.6 Å². The first kappa shape index (κ1) is 18.1. The van der Waals surface area contributed by atoms with Gasteiger partial charge in [0.15, 0.2) is 0 Å². The fourth-order valence-electron chi connectivity index (χ4n) is 2.05. The van der Waals surface area contributed by atoms with Gasteiger partial charge in [-0.05, 0) is 50.3 Å². The van der Waals surface area contributed by atoms with Crippen LogP contribution in [0.15, 0.2) is 17.0 Å². The van der Waals surface area contributed by atoms with Crippen LogP contribution in [0, 0.1) is 18.7 Å². The highest BCUT2D eigenvalue weighted by atomic mass is 32.2. The van der Waals surface area contributed by atoms with Gasteiger partial charge in [0.1, 0.15) is 5.82 Å². The van der Waals surface area contributed by atoms with Gasteiger partial charge >= 0.3 is 0 Å². The molecular formula is C15H24FNO3S. The van der Waals surface area contributed by atoms with Crippen molar-refractivity contribution in [2.45, 2.75) is 58.1 Å². The van der Waals surface area contributed by atoms with Gasteiger partial charge in [-0.25, -0.2) is 17.5 Å². The third-order valence-electron chi connectivity index (χ3n) is 3.32. The summed E-state index contributed by atoms with van der Waals surface area (Å²) in [4.78, 5) is -0.0122. The lowest BCUT2D eigenvalue weighted by Gasteiger charge is -2.16. The molecule has 1 atom stereocenters. The molecule has 0 aliphatic carbocycles. The van der Waals surface area contributed by atoms with Crippen molar-refractivity contribution in [1.29, 1.82) is 0 Å². The number of aryl methyl sites for hydroxylation is 1. The summed E-state index contributed by atoms with van der Waals surface area (Å²) < 4.78 is 40.9. The number of sulfonamides is 1. The minimum atomic E-state index is -3.71. The summed E-state index contributed by atoms with van der Waals surface area (Å²) in [5.41, 5.74) is 0.196. The highest BCUT2D eigenvalue weighted by Gasteiger charge is 2.20. The summed E-state index contributed by atoms with van der Waals surface area (Å²) in [5.74, 6) is -0.0599. The van der Waals surface area contributed by atoms with E-state index in [1.54, 1.807) is 0 Å². The van der Waals surface area contributed by atoms with Gasteiger partial charge in [-0.3, -0.25) is 0 Å². The Hall–Kier alpha value is -0.980. The molecule has 4 nitrogen and oxygen atoms in total. The van der Waals surface area contributed by atoms with Crippen molar-refractivity contribution in [3.63, 3.8) is 0 Å². The Morgan fingerprint density at radius 2 is 1.86 bits per heavy atom. The van der Waals surface area contributed by atoms with E-state index in [1.807, 2.05) is 6.92 Å². The van der Waals surface area contributed by atoms with Crippen LogP contribution in [0.4, 0.5) is 4.39 Å². The molecule has 0 saturated carbocycles. The maximum absolute atomic E-state index is 13.7. The molecule has 0 aromatic heterocycles. The number of benzene rings is 1. The average Bonchev–Trinajstić information content (AvgIpc) is 2.38. The van der Waals surface area contributed by atoms with E-state index in [1.165, 1.54) is 19.1 Å². The van der Waals surface area contributed by atoms with Gasteiger partial charge in [-0.15, -0.1) is 0 Å². The van der Waals surface area contributed by atoms with Crippen molar-refractivity contribution >= 4 is 10.0 Å². The number of aliphatic hydroxyl groups is 1. The summed E-state index contributed by atoms with van der Waals surface area (Å²) in [5, 5.41) is 9.10. The summed E-state index contributed by atoms with van der Waals surface area (Å²) >= 11 is 0. The first-order valence-corrected chi connectivity index (χ1v) is 8.58. The molecule has 0 aliphatic heterocycles. The number of halogens is 1. The molecule has 6 heteroatoms. The molecule has 1 unspecified atom stereocenters. The molecule has 0 fully saturated rings. The van der Waals surface area contributed by atoms with E-state index in [0.29, 0.717) is 5.92 Å². The van der Waals surface area contributed by atoms with Gasteiger partial charge < -0.3 is 5.11 Å². The smallest absolute Gasteiger partial charge is 0.240 e. The third kappa shape index (κ3) is 5.05. The molecule has 1 rings (SSSR count). The second-order valence-electron chi connectivity index (χ2n) is 5.86. The summed E-state index contributed by atoms with van der Waals surface area (Å²) in [7, 11) is -3.71. The van der Waals surface area contributed by atoms with Gasteiger partial charge in [0, 0.05) is 11.6 Å². The van der Waals surface area contributed by atoms with Crippen molar-refractivity contribution in [3.05, 3.63) is 29.1 Å². The molecule has 0 spiro atoms. The maximum Gasteiger partial charge on any atom is 0.240 e. The SMILES string of the molecule is Cc1cc(S(=O)(=O)NC(C)CCC(C)C)cc(CO)c1F. The Labute approximate surface area is 126 Å². The first-order chi connectivity index (χ1) is 9.67. The molecular weight excluding hydrogens is 293 g/mol. The van der Waals surface area contributed by atoms with Gasteiger partial charge in [-0.2, -0.15) is 0 Å². The number of aliphatic hydroxyl groups excluding tert-OH is 1. The molecule has 1 aromatic rings. The second-order valence-corrected chi connectivity index (χ2v) is 7.58.